The molecule has 29 heavy (non-hydrogen) atoms. The molecule has 3 aromatic rings. The van der Waals surface area contributed by atoms with Gasteiger partial charge in [-0.25, -0.2) is 4.98 Å². The molecule has 3 rings (SSSR count). The molecule has 1 aromatic heterocycles. The van der Waals surface area contributed by atoms with Crippen molar-refractivity contribution in [2.75, 3.05) is 11.9 Å². The van der Waals surface area contributed by atoms with E-state index in [2.05, 4.69) is 29.1 Å². The minimum atomic E-state index is -0.566. The third-order valence-corrected chi connectivity index (χ3v) is 4.17. The van der Waals surface area contributed by atoms with Crippen molar-refractivity contribution in [3.05, 3.63) is 70.5 Å². The van der Waals surface area contributed by atoms with Gasteiger partial charge in [0.25, 0.3) is 0 Å². The van der Waals surface area contributed by atoms with Crippen LogP contribution >= 0.6 is 0 Å². The highest BCUT2D eigenvalue weighted by Gasteiger charge is 2.26. The first kappa shape index (κ1) is 20.1. The van der Waals surface area contributed by atoms with Crippen molar-refractivity contribution in [3.63, 3.8) is 0 Å². The lowest BCUT2D eigenvalue weighted by atomic mass is 10.0. The summed E-state index contributed by atoms with van der Waals surface area (Å²) >= 11 is 0. The highest BCUT2D eigenvalue weighted by Crippen LogP contribution is 2.37. The Labute approximate surface area is 168 Å². The van der Waals surface area contributed by atoms with Gasteiger partial charge in [-0.15, -0.1) is 0 Å². The monoisotopic (exact) mass is 394 g/mol. The van der Waals surface area contributed by atoms with Gasteiger partial charge in [0.2, 0.25) is 5.82 Å². The van der Waals surface area contributed by atoms with Gasteiger partial charge in [-0.05, 0) is 42.7 Å². The molecular weight excluding hydrogens is 372 g/mol. The van der Waals surface area contributed by atoms with Crippen LogP contribution in [-0.2, 0) is 0 Å². The van der Waals surface area contributed by atoms with Crippen molar-refractivity contribution in [2.24, 2.45) is 0 Å². The van der Waals surface area contributed by atoms with Gasteiger partial charge < -0.3 is 14.8 Å². The maximum Gasteiger partial charge on any atom is 0.373 e. The molecule has 0 saturated carbocycles. The summed E-state index contributed by atoms with van der Waals surface area (Å²) < 4.78 is 11.3. The van der Waals surface area contributed by atoms with Crippen molar-refractivity contribution >= 4 is 17.2 Å². The third-order valence-electron chi connectivity index (χ3n) is 4.17. The predicted octanol–water partition coefficient (Wildman–Crippen LogP) is 5.44. The maximum absolute atomic E-state index is 11.8. The van der Waals surface area contributed by atoms with Crippen molar-refractivity contribution < 1.29 is 14.4 Å². The standard InChI is InChI=1S/C21H22N4O4/c1-4-28-18-8-6-5-7-17(18)24-20-19(25(26)27)21(23-13-22-20)29-16-11-9-15(10-12-16)14(2)3/h5-14H,4H2,1-3H3,(H,22,23,24). The molecule has 0 aliphatic carbocycles. The molecule has 8 heteroatoms. The van der Waals surface area contributed by atoms with Crippen molar-refractivity contribution in [3.8, 4) is 17.4 Å². The van der Waals surface area contributed by atoms with Crippen LogP contribution in [0.4, 0.5) is 17.2 Å². The molecule has 0 radical (unpaired) electrons. The minimum Gasteiger partial charge on any atom is -0.492 e. The molecule has 0 bridgehead atoms. The molecule has 2 aromatic carbocycles. The number of hydrogen-bond donors (Lipinski definition) is 1. The average Bonchev–Trinajstić information content (AvgIpc) is 2.70. The highest BCUT2D eigenvalue weighted by atomic mass is 16.6. The third kappa shape index (κ3) is 4.78. The van der Waals surface area contributed by atoms with E-state index in [-0.39, 0.29) is 17.4 Å². The van der Waals surface area contributed by atoms with E-state index in [9.17, 15) is 10.1 Å². The zero-order valence-corrected chi connectivity index (χ0v) is 16.5. The van der Waals surface area contributed by atoms with Crippen LogP contribution in [0, 0.1) is 10.1 Å². The minimum absolute atomic E-state index is 0.0194. The summed E-state index contributed by atoms with van der Waals surface area (Å²) in [5.41, 5.74) is 1.35. The van der Waals surface area contributed by atoms with Crippen molar-refractivity contribution in [1.82, 2.24) is 9.97 Å². The number of anilines is 2. The van der Waals surface area contributed by atoms with Gasteiger partial charge >= 0.3 is 11.6 Å². The molecule has 0 aliphatic rings. The molecular formula is C21H22N4O4. The van der Waals surface area contributed by atoms with Crippen LogP contribution in [0.25, 0.3) is 0 Å². The van der Waals surface area contributed by atoms with E-state index in [1.165, 1.54) is 6.33 Å². The molecule has 1 N–H and O–H groups in total. The number of benzene rings is 2. The molecule has 0 fully saturated rings. The number of para-hydroxylation sites is 2. The number of rotatable bonds is 8. The number of nitro groups is 1. The lowest BCUT2D eigenvalue weighted by Crippen LogP contribution is -2.05. The molecule has 0 aliphatic heterocycles. The zero-order valence-electron chi connectivity index (χ0n) is 16.5. The Morgan fingerprint density at radius 1 is 1.10 bits per heavy atom. The van der Waals surface area contributed by atoms with Crippen LogP contribution in [0.1, 0.15) is 32.3 Å². The largest absolute Gasteiger partial charge is 0.492 e. The first-order valence-electron chi connectivity index (χ1n) is 9.25. The van der Waals surface area contributed by atoms with E-state index in [1.807, 2.05) is 25.1 Å². The van der Waals surface area contributed by atoms with Gasteiger partial charge in [0.15, 0.2) is 0 Å². The lowest BCUT2D eigenvalue weighted by Gasteiger charge is -2.13. The first-order chi connectivity index (χ1) is 14.0. The fourth-order valence-electron chi connectivity index (χ4n) is 2.70. The molecule has 0 atom stereocenters. The van der Waals surface area contributed by atoms with Crippen molar-refractivity contribution in [1.29, 1.82) is 0 Å². The summed E-state index contributed by atoms with van der Waals surface area (Å²) in [6.45, 7) is 6.50. The van der Waals surface area contributed by atoms with Gasteiger partial charge in [0.1, 0.15) is 17.8 Å². The van der Waals surface area contributed by atoms with E-state index in [0.29, 0.717) is 29.7 Å². The summed E-state index contributed by atoms with van der Waals surface area (Å²) in [5, 5.41) is 14.7. The predicted molar refractivity (Wildman–Crippen MR) is 110 cm³/mol. The van der Waals surface area contributed by atoms with E-state index in [0.717, 1.165) is 5.56 Å². The smallest absolute Gasteiger partial charge is 0.373 e. The first-order valence-corrected chi connectivity index (χ1v) is 9.25. The Morgan fingerprint density at radius 3 is 2.48 bits per heavy atom. The zero-order chi connectivity index (χ0) is 20.8. The van der Waals surface area contributed by atoms with E-state index < -0.39 is 4.92 Å². The summed E-state index contributed by atoms with van der Waals surface area (Å²) in [7, 11) is 0. The Kier molecular flexibility index (Phi) is 6.23. The van der Waals surface area contributed by atoms with Crippen LogP contribution in [0.2, 0.25) is 0 Å². The number of aromatic nitrogens is 2. The van der Waals surface area contributed by atoms with Crippen molar-refractivity contribution in [2.45, 2.75) is 26.7 Å². The normalized spacial score (nSPS) is 10.6. The molecule has 0 amide bonds. The average molecular weight is 394 g/mol. The Hall–Kier alpha value is -3.68. The summed E-state index contributed by atoms with van der Waals surface area (Å²) in [6, 6.07) is 14.5. The van der Waals surface area contributed by atoms with Gasteiger partial charge in [-0.3, -0.25) is 10.1 Å². The Balaban J connectivity index is 1.93. The highest BCUT2D eigenvalue weighted by molar-refractivity contribution is 5.72. The molecule has 1 heterocycles. The fourth-order valence-corrected chi connectivity index (χ4v) is 2.70. The SMILES string of the molecule is CCOc1ccccc1Nc1ncnc(Oc2ccc(C(C)C)cc2)c1[N+](=O)[O-]. The van der Waals surface area contributed by atoms with Crippen LogP contribution in [0.15, 0.2) is 54.9 Å². The van der Waals surface area contributed by atoms with E-state index in [1.54, 1.807) is 30.3 Å². The lowest BCUT2D eigenvalue weighted by molar-refractivity contribution is -0.385. The molecule has 8 nitrogen and oxygen atoms in total. The second kappa shape index (κ2) is 9.01. The van der Waals surface area contributed by atoms with Crippen LogP contribution < -0.4 is 14.8 Å². The second-order valence-electron chi connectivity index (χ2n) is 6.51. The van der Waals surface area contributed by atoms with E-state index in [4.69, 9.17) is 9.47 Å². The van der Waals surface area contributed by atoms with E-state index >= 15 is 0 Å². The van der Waals surface area contributed by atoms with Gasteiger partial charge in [0.05, 0.1) is 17.2 Å². The van der Waals surface area contributed by atoms with Gasteiger partial charge in [-0.1, -0.05) is 38.1 Å². The Morgan fingerprint density at radius 2 is 1.83 bits per heavy atom. The molecule has 150 valence electrons. The summed E-state index contributed by atoms with van der Waals surface area (Å²) in [6.07, 6.45) is 1.22. The number of nitrogens with one attached hydrogen (secondary N) is 1. The quantitative estimate of drug-likeness (QED) is 0.401. The molecule has 0 spiro atoms. The molecule has 0 saturated heterocycles. The van der Waals surface area contributed by atoms with Gasteiger partial charge in [-0.2, -0.15) is 4.98 Å². The summed E-state index contributed by atoms with van der Waals surface area (Å²) in [5.74, 6) is 1.27. The number of ether oxygens (including phenoxy) is 2. The van der Waals surface area contributed by atoms with Gasteiger partial charge in [0, 0.05) is 0 Å². The van der Waals surface area contributed by atoms with Crippen LogP contribution in [0.5, 0.6) is 17.4 Å². The fraction of sp³-hybridized carbons (Fsp3) is 0.238. The van der Waals surface area contributed by atoms with Crippen LogP contribution in [0.3, 0.4) is 0 Å². The van der Waals surface area contributed by atoms with Crippen LogP contribution in [-0.4, -0.2) is 21.5 Å². The second-order valence-corrected chi connectivity index (χ2v) is 6.51. The Bertz CT molecular complexity index is 990. The summed E-state index contributed by atoms with van der Waals surface area (Å²) in [4.78, 5) is 19.2. The topological polar surface area (TPSA) is 99.4 Å². The maximum atomic E-state index is 11.8. The number of nitrogens with zero attached hydrogens (tertiary/aromatic N) is 3. The molecule has 0 unspecified atom stereocenters. The number of hydrogen-bond acceptors (Lipinski definition) is 7.